The molecule has 0 spiro atoms. The zero-order chi connectivity index (χ0) is 20.2. The fourth-order valence-corrected chi connectivity index (χ4v) is 3.17. The molecule has 2 aromatic rings. The SMILES string of the molecule is CF.O=C(CN1CCN(Cc2ccccc2)CC1)N/N=C/c1ccccc1S. The molecular formula is C21H27FN4OS. The third-order valence-corrected chi connectivity index (χ3v) is 4.82. The van der Waals surface area contributed by atoms with E-state index in [-0.39, 0.29) is 5.91 Å². The number of benzene rings is 2. The van der Waals surface area contributed by atoms with Gasteiger partial charge in [-0.3, -0.25) is 19.0 Å². The van der Waals surface area contributed by atoms with Crippen molar-refractivity contribution >= 4 is 24.8 Å². The minimum atomic E-state index is -0.0885. The van der Waals surface area contributed by atoms with Gasteiger partial charge in [0, 0.05) is 43.2 Å². The van der Waals surface area contributed by atoms with E-state index in [1.807, 2.05) is 30.3 Å². The summed E-state index contributed by atoms with van der Waals surface area (Å²) in [6.07, 6.45) is 1.62. The topological polar surface area (TPSA) is 47.9 Å². The van der Waals surface area contributed by atoms with E-state index in [0.29, 0.717) is 13.7 Å². The van der Waals surface area contributed by atoms with Gasteiger partial charge in [-0.15, -0.1) is 12.6 Å². The van der Waals surface area contributed by atoms with Gasteiger partial charge in [0.25, 0.3) is 5.91 Å². The van der Waals surface area contributed by atoms with E-state index < -0.39 is 0 Å². The summed E-state index contributed by atoms with van der Waals surface area (Å²) >= 11 is 4.36. The van der Waals surface area contributed by atoms with Gasteiger partial charge in [0.1, 0.15) is 0 Å². The maximum absolute atomic E-state index is 12.1. The van der Waals surface area contributed by atoms with Crippen molar-refractivity contribution < 1.29 is 9.18 Å². The number of nitrogens with one attached hydrogen (secondary N) is 1. The zero-order valence-corrected chi connectivity index (χ0v) is 17.0. The average Bonchev–Trinajstić information content (AvgIpc) is 2.73. The first-order chi connectivity index (χ1) is 13.7. The average molecular weight is 403 g/mol. The van der Waals surface area contributed by atoms with Crippen molar-refractivity contribution in [1.82, 2.24) is 15.2 Å². The van der Waals surface area contributed by atoms with Gasteiger partial charge >= 0.3 is 0 Å². The Kier molecular flexibility index (Phi) is 9.68. The van der Waals surface area contributed by atoms with Crippen LogP contribution in [0.4, 0.5) is 4.39 Å². The highest BCUT2D eigenvalue weighted by molar-refractivity contribution is 7.80. The van der Waals surface area contributed by atoms with Crippen LogP contribution in [-0.4, -0.2) is 61.8 Å². The van der Waals surface area contributed by atoms with E-state index in [1.54, 1.807) is 6.21 Å². The summed E-state index contributed by atoms with van der Waals surface area (Å²) in [7, 11) is 0.500. The molecule has 0 aliphatic carbocycles. The Balaban J connectivity index is 0.00000136. The molecule has 150 valence electrons. The number of halogens is 1. The molecule has 1 saturated heterocycles. The lowest BCUT2D eigenvalue weighted by molar-refractivity contribution is -0.122. The number of hydrogen-bond donors (Lipinski definition) is 2. The lowest BCUT2D eigenvalue weighted by atomic mass is 10.2. The molecular weight excluding hydrogens is 375 g/mol. The Hall–Kier alpha value is -2.22. The summed E-state index contributed by atoms with van der Waals surface area (Å²) in [6.45, 7) is 5.07. The van der Waals surface area contributed by atoms with Crippen molar-refractivity contribution in [3.63, 3.8) is 0 Å². The number of rotatable bonds is 6. The van der Waals surface area contributed by atoms with Crippen LogP contribution in [0.2, 0.25) is 0 Å². The van der Waals surface area contributed by atoms with Gasteiger partial charge in [-0.25, -0.2) is 5.43 Å². The molecule has 1 aliphatic rings. The van der Waals surface area contributed by atoms with Crippen LogP contribution in [0.25, 0.3) is 0 Å². The molecule has 0 saturated carbocycles. The van der Waals surface area contributed by atoms with E-state index in [0.717, 1.165) is 43.2 Å². The minimum absolute atomic E-state index is 0.0885. The first-order valence-corrected chi connectivity index (χ1v) is 9.62. The highest BCUT2D eigenvalue weighted by atomic mass is 32.1. The van der Waals surface area contributed by atoms with Gasteiger partial charge in [-0.05, 0) is 11.6 Å². The molecule has 7 heteroatoms. The van der Waals surface area contributed by atoms with E-state index in [4.69, 9.17) is 0 Å². The first-order valence-electron chi connectivity index (χ1n) is 9.17. The first kappa shape index (κ1) is 22.1. The lowest BCUT2D eigenvalue weighted by Gasteiger charge is -2.34. The Labute approximate surface area is 171 Å². The van der Waals surface area contributed by atoms with Crippen LogP contribution < -0.4 is 5.43 Å². The third-order valence-electron chi connectivity index (χ3n) is 4.41. The maximum atomic E-state index is 12.1. The van der Waals surface area contributed by atoms with Crippen LogP contribution in [-0.2, 0) is 11.3 Å². The van der Waals surface area contributed by atoms with E-state index in [1.165, 1.54) is 5.56 Å². The second kappa shape index (κ2) is 12.3. The monoisotopic (exact) mass is 402 g/mol. The molecule has 28 heavy (non-hydrogen) atoms. The smallest absolute Gasteiger partial charge is 0.254 e. The fourth-order valence-electron chi connectivity index (χ4n) is 2.96. The normalized spacial score (nSPS) is 15.1. The van der Waals surface area contributed by atoms with Gasteiger partial charge in [0.2, 0.25) is 0 Å². The van der Waals surface area contributed by atoms with Crippen molar-refractivity contribution in [3.05, 3.63) is 65.7 Å². The molecule has 1 aliphatic heterocycles. The van der Waals surface area contributed by atoms with E-state index in [2.05, 4.69) is 57.2 Å². The van der Waals surface area contributed by atoms with Gasteiger partial charge < -0.3 is 0 Å². The number of thiol groups is 1. The molecule has 1 heterocycles. The number of amides is 1. The molecule has 5 nitrogen and oxygen atoms in total. The summed E-state index contributed by atoms with van der Waals surface area (Å²) in [5.74, 6) is -0.0885. The van der Waals surface area contributed by atoms with E-state index in [9.17, 15) is 9.18 Å². The molecule has 0 aromatic heterocycles. The number of nitrogens with zero attached hydrogens (tertiary/aromatic N) is 3. The molecule has 3 rings (SSSR count). The van der Waals surface area contributed by atoms with Crippen molar-refractivity contribution in [1.29, 1.82) is 0 Å². The minimum Gasteiger partial charge on any atom is -0.297 e. The number of alkyl halides is 1. The summed E-state index contributed by atoms with van der Waals surface area (Å²) in [5.41, 5.74) is 4.81. The quantitative estimate of drug-likeness (QED) is 0.444. The standard InChI is InChI=1S/C20H24N4OS.CH3F/c25-20(22-21-14-18-8-4-5-9-19(18)26)16-24-12-10-23(11-13-24)15-17-6-2-1-3-7-17;1-2/h1-9,14,26H,10-13,15-16H2,(H,22,25);1H3/b21-14+;. The van der Waals surface area contributed by atoms with Crippen molar-refractivity contribution in [3.8, 4) is 0 Å². The van der Waals surface area contributed by atoms with Gasteiger partial charge in [0.15, 0.2) is 0 Å². The number of carbonyl (C=O) groups is 1. The molecule has 0 bridgehead atoms. The number of carbonyl (C=O) groups excluding carboxylic acids is 1. The lowest BCUT2D eigenvalue weighted by Crippen LogP contribution is -2.48. The maximum Gasteiger partial charge on any atom is 0.254 e. The number of piperazine rings is 1. The van der Waals surface area contributed by atoms with Crippen molar-refractivity contribution in [2.45, 2.75) is 11.4 Å². The van der Waals surface area contributed by atoms with Crippen LogP contribution in [0.1, 0.15) is 11.1 Å². The highest BCUT2D eigenvalue weighted by Crippen LogP contribution is 2.10. The van der Waals surface area contributed by atoms with E-state index >= 15 is 0 Å². The predicted octanol–water partition coefficient (Wildman–Crippen LogP) is 2.83. The molecule has 1 fully saturated rings. The Bertz CT molecular complexity index is 749. The summed E-state index contributed by atoms with van der Waals surface area (Å²) in [4.78, 5) is 17.5. The molecule has 0 atom stereocenters. The second-order valence-corrected chi connectivity index (χ2v) is 6.87. The van der Waals surface area contributed by atoms with Crippen LogP contribution >= 0.6 is 12.6 Å². The van der Waals surface area contributed by atoms with Crippen LogP contribution in [0.3, 0.4) is 0 Å². The Morgan fingerprint density at radius 1 is 1.04 bits per heavy atom. The fraction of sp³-hybridized carbons (Fsp3) is 0.333. The zero-order valence-electron chi connectivity index (χ0n) is 16.1. The van der Waals surface area contributed by atoms with Crippen LogP contribution in [0.5, 0.6) is 0 Å². The van der Waals surface area contributed by atoms with Crippen LogP contribution in [0, 0.1) is 0 Å². The molecule has 2 aromatic carbocycles. The van der Waals surface area contributed by atoms with Gasteiger partial charge in [0.05, 0.1) is 19.9 Å². The number of hydrogen-bond acceptors (Lipinski definition) is 5. The Morgan fingerprint density at radius 2 is 1.64 bits per heavy atom. The summed E-state index contributed by atoms with van der Waals surface area (Å²) < 4.78 is 9.50. The third kappa shape index (κ3) is 7.42. The van der Waals surface area contributed by atoms with Gasteiger partial charge in [-0.2, -0.15) is 5.10 Å². The number of hydrazone groups is 1. The molecule has 1 N–H and O–H groups in total. The Morgan fingerprint density at radius 3 is 2.32 bits per heavy atom. The predicted molar refractivity (Wildman–Crippen MR) is 115 cm³/mol. The largest absolute Gasteiger partial charge is 0.297 e. The van der Waals surface area contributed by atoms with Crippen LogP contribution in [0.15, 0.2) is 64.6 Å². The van der Waals surface area contributed by atoms with Crippen molar-refractivity contribution in [2.75, 3.05) is 39.9 Å². The van der Waals surface area contributed by atoms with Crippen molar-refractivity contribution in [2.24, 2.45) is 5.10 Å². The highest BCUT2D eigenvalue weighted by Gasteiger charge is 2.18. The molecule has 0 unspecified atom stereocenters. The van der Waals surface area contributed by atoms with Gasteiger partial charge in [-0.1, -0.05) is 48.5 Å². The summed E-state index contributed by atoms with van der Waals surface area (Å²) in [6, 6.07) is 18.1. The summed E-state index contributed by atoms with van der Waals surface area (Å²) in [5, 5.41) is 4.03. The molecule has 1 amide bonds. The molecule has 0 radical (unpaired) electrons. The second-order valence-electron chi connectivity index (χ2n) is 6.39.